The maximum atomic E-state index is 13.7. The van der Waals surface area contributed by atoms with Gasteiger partial charge in [-0.25, -0.2) is 9.37 Å². The third kappa shape index (κ3) is 2.12. The Labute approximate surface area is 111 Å². The summed E-state index contributed by atoms with van der Waals surface area (Å²) in [6, 6.07) is 15.2. The predicted octanol–water partition coefficient (Wildman–Crippen LogP) is 4.24. The van der Waals surface area contributed by atoms with Gasteiger partial charge >= 0.3 is 0 Å². The van der Waals surface area contributed by atoms with Gasteiger partial charge in [-0.3, -0.25) is 0 Å². The van der Waals surface area contributed by atoms with E-state index in [2.05, 4.69) is 29.0 Å². The largest absolute Gasteiger partial charge is 0.341 e. The Morgan fingerprint density at radius 1 is 1.11 bits per heavy atom. The first kappa shape index (κ1) is 11.9. The van der Waals surface area contributed by atoms with Crippen LogP contribution in [0.3, 0.4) is 0 Å². The van der Waals surface area contributed by atoms with Crippen molar-refractivity contribution < 1.29 is 4.39 Å². The maximum Gasteiger partial charge on any atom is 0.151 e. The van der Waals surface area contributed by atoms with Crippen molar-refractivity contribution in [3.8, 4) is 0 Å². The zero-order chi connectivity index (χ0) is 13.2. The number of aromatic amines is 1. The minimum absolute atomic E-state index is 0.174. The van der Waals surface area contributed by atoms with Crippen molar-refractivity contribution in [2.45, 2.75) is 19.3 Å². The number of rotatable bonds is 3. The van der Waals surface area contributed by atoms with Crippen LogP contribution in [0.25, 0.3) is 11.0 Å². The Morgan fingerprint density at radius 3 is 2.58 bits per heavy atom. The quantitative estimate of drug-likeness (QED) is 0.744. The monoisotopic (exact) mass is 254 g/mol. The van der Waals surface area contributed by atoms with Crippen molar-refractivity contribution >= 4 is 11.0 Å². The van der Waals surface area contributed by atoms with Crippen LogP contribution in [-0.4, -0.2) is 9.97 Å². The molecule has 0 aliphatic heterocycles. The Kier molecular flexibility index (Phi) is 3.03. The van der Waals surface area contributed by atoms with Gasteiger partial charge in [-0.05, 0) is 24.1 Å². The zero-order valence-corrected chi connectivity index (χ0v) is 10.7. The fourth-order valence-corrected chi connectivity index (χ4v) is 2.45. The minimum Gasteiger partial charge on any atom is -0.341 e. The Hall–Kier alpha value is -2.16. The maximum absolute atomic E-state index is 13.7. The van der Waals surface area contributed by atoms with E-state index in [0.717, 1.165) is 17.8 Å². The highest BCUT2D eigenvalue weighted by atomic mass is 19.1. The zero-order valence-electron chi connectivity index (χ0n) is 10.7. The van der Waals surface area contributed by atoms with E-state index in [1.54, 1.807) is 6.07 Å². The van der Waals surface area contributed by atoms with Gasteiger partial charge in [0.2, 0.25) is 0 Å². The van der Waals surface area contributed by atoms with Gasteiger partial charge in [-0.1, -0.05) is 43.3 Å². The molecule has 0 saturated carbocycles. The van der Waals surface area contributed by atoms with E-state index in [-0.39, 0.29) is 11.7 Å². The molecule has 0 saturated heterocycles. The number of para-hydroxylation sites is 1. The van der Waals surface area contributed by atoms with Gasteiger partial charge in [0.1, 0.15) is 11.3 Å². The number of imidazole rings is 1. The molecular weight excluding hydrogens is 239 g/mol. The second-order valence-corrected chi connectivity index (χ2v) is 4.63. The van der Waals surface area contributed by atoms with E-state index in [9.17, 15) is 4.39 Å². The number of fused-ring (bicyclic) bond motifs is 1. The number of hydrogen-bond acceptors (Lipinski definition) is 1. The van der Waals surface area contributed by atoms with Crippen LogP contribution in [0.5, 0.6) is 0 Å². The standard InChI is InChI=1S/C16H15FN2/c1-2-12(11-7-4-3-5-8-11)16-18-14-10-6-9-13(17)15(14)19-16/h3-10,12H,2H2,1H3,(H,18,19). The molecule has 0 fully saturated rings. The summed E-state index contributed by atoms with van der Waals surface area (Å²) in [5, 5.41) is 0. The average Bonchev–Trinajstić information content (AvgIpc) is 2.86. The molecule has 3 heteroatoms. The second-order valence-electron chi connectivity index (χ2n) is 4.63. The van der Waals surface area contributed by atoms with Crippen molar-refractivity contribution in [1.82, 2.24) is 9.97 Å². The third-order valence-electron chi connectivity index (χ3n) is 3.42. The Balaban J connectivity index is 2.09. The van der Waals surface area contributed by atoms with Crippen molar-refractivity contribution in [3.63, 3.8) is 0 Å². The molecule has 0 amide bonds. The molecule has 0 spiro atoms. The fraction of sp³-hybridized carbons (Fsp3) is 0.188. The molecule has 19 heavy (non-hydrogen) atoms. The summed E-state index contributed by atoms with van der Waals surface area (Å²) < 4.78 is 13.7. The first-order chi connectivity index (χ1) is 9.29. The van der Waals surface area contributed by atoms with Gasteiger partial charge in [0.25, 0.3) is 0 Å². The lowest BCUT2D eigenvalue weighted by Gasteiger charge is -2.12. The lowest BCUT2D eigenvalue weighted by atomic mass is 9.96. The Morgan fingerprint density at radius 2 is 1.89 bits per heavy atom. The summed E-state index contributed by atoms with van der Waals surface area (Å²) in [6.45, 7) is 2.11. The molecule has 0 bridgehead atoms. The van der Waals surface area contributed by atoms with Gasteiger partial charge in [0.05, 0.1) is 5.52 Å². The number of hydrogen-bond donors (Lipinski definition) is 1. The first-order valence-corrected chi connectivity index (χ1v) is 6.48. The molecule has 3 aromatic rings. The molecule has 3 rings (SSSR count). The van der Waals surface area contributed by atoms with E-state index < -0.39 is 0 Å². The number of aromatic nitrogens is 2. The number of benzene rings is 2. The van der Waals surface area contributed by atoms with E-state index in [4.69, 9.17) is 0 Å². The smallest absolute Gasteiger partial charge is 0.151 e. The van der Waals surface area contributed by atoms with Crippen LogP contribution < -0.4 is 0 Å². The summed E-state index contributed by atoms with van der Waals surface area (Å²) in [5.74, 6) is 0.727. The van der Waals surface area contributed by atoms with Gasteiger partial charge in [0.15, 0.2) is 5.82 Å². The summed E-state index contributed by atoms with van der Waals surface area (Å²) in [5.41, 5.74) is 2.38. The van der Waals surface area contributed by atoms with Crippen LogP contribution >= 0.6 is 0 Å². The molecule has 2 aromatic carbocycles. The summed E-state index contributed by atoms with van der Waals surface area (Å²) in [4.78, 5) is 7.66. The topological polar surface area (TPSA) is 28.7 Å². The highest BCUT2D eigenvalue weighted by molar-refractivity contribution is 5.75. The molecule has 1 N–H and O–H groups in total. The molecule has 0 aliphatic carbocycles. The van der Waals surface area contributed by atoms with Crippen LogP contribution in [0.15, 0.2) is 48.5 Å². The molecule has 0 radical (unpaired) electrons. The van der Waals surface area contributed by atoms with E-state index in [0.29, 0.717) is 5.52 Å². The Bertz CT molecular complexity index is 688. The van der Waals surface area contributed by atoms with Crippen LogP contribution in [0.4, 0.5) is 4.39 Å². The van der Waals surface area contributed by atoms with Crippen LogP contribution in [0, 0.1) is 5.82 Å². The minimum atomic E-state index is -0.275. The van der Waals surface area contributed by atoms with Gasteiger partial charge < -0.3 is 4.98 Å². The average molecular weight is 254 g/mol. The molecule has 1 atom stereocenters. The van der Waals surface area contributed by atoms with Crippen molar-refractivity contribution in [2.24, 2.45) is 0 Å². The van der Waals surface area contributed by atoms with E-state index in [1.807, 2.05) is 24.3 Å². The molecule has 2 nitrogen and oxygen atoms in total. The third-order valence-corrected chi connectivity index (χ3v) is 3.42. The van der Waals surface area contributed by atoms with Gasteiger partial charge in [-0.15, -0.1) is 0 Å². The second kappa shape index (κ2) is 4.84. The highest BCUT2D eigenvalue weighted by Crippen LogP contribution is 2.27. The van der Waals surface area contributed by atoms with Crippen LogP contribution in [-0.2, 0) is 0 Å². The molecule has 1 heterocycles. The summed E-state index contributed by atoms with van der Waals surface area (Å²) in [6.07, 6.45) is 0.922. The van der Waals surface area contributed by atoms with Crippen molar-refractivity contribution in [2.75, 3.05) is 0 Å². The SMILES string of the molecule is CCC(c1ccccc1)c1nc2c(F)cccc2[nH]1. The van der Waals surface area contributed by atoms with Crippen LogP contribution in [0.1, 0.15) is 30.7 Å². The highest BCUT2D eigenvalue weighted by Gasteiger charge is 2.17. The van der Waals surface area contributed by atoms with Crippen LogP contribution in [0.2, 0.25) is 0 Å². The fourth-order valence-electron chi connectivity index (χ4n) is 2.45. The number of nitrogens with one attached hydrogen (secondary N) is 1. The normalized spacial score (nSPS) is 12.7. The molecule has 1 unspecified atom stereocenters. The van der Waals surface area contributed by atoms with Crippen molar-refractivity contribution in [3.05, 3.63) is 65.7 Å². The number of halogens is 1. The molecule has 96 valence electrons. The van der Waals surface area contributed by atoms with Gasteiger partial charge in [0, 0.05) is 5.92 Å². The molecular formula is C16H15FN2. The first-order valence-electron chi connectivity index (χ1n) is 6.48. The lowest BCUT2D eigenvalue weighted by molar-refractivity contribution is 0.636. The van der Waals surface area contributed by atoms with Gasteiger partial charge in [-0.2, -0.15) is 0 Å². The lowest BCUT2D eigenvalue weighted by Crippen LogP contribution is -2.01. The molecule has 0 aliphatic rings. The molecule has 1 aromatic heterocycles. The van der Waals surface area contributed by atoms with Crippen molar-refractivity contribution in [1.29, 1.82) is 0 Å². The predicted molar refractivity (Wildman–Crippen MR) is 74.6 cm³/mol. The number of nitrogens with zero attached hydrogens (tertiary/aromatic N) is 1. The summed E-state index contributed by atoms with van der Waals surface area (Å²) in [7, 11) is 0. The van der Waals surface area contributed by atoms with E-state index >= 15 is 0 Å². The summed E-state index contributed by atoms with van der Waals surface area (Å²) >= 11 is 0. The number of H-pyrrole nitrogens is 1. The van der Waals surface area contributed by atoms with E-state index in [1.165, 1.54) is 11.6 Å².